The van der Waals surface area contributed by atoms with Crippen LogP contribution in [0.1, 0.15) is 10.6 Å². The van der Waals surface area contributed by atoms with Gasteiger partial charge in [0.05, 0.1) is 0 Å². The van der Waals surface area contributed by atoms with Crippen LogP contribution in [-0.2, 0) is 0 Å². The average Bonchev–Trinajstić information content (AvgIpc) is 2.70. The van der Waals surface area contributed by atoms with E-state index >= 15 is 0 Å². The van der Waals surface area contributed by atoms with Crippen molar-refractivity contribution in [2.24, 2.45) is 0 Å². The minimum absolute atomic E-state index is 0.0420. The van der Waals surface area contributed by atoms with Gasteiger partial charge < -0.3 is 9.52 Å². The van der Waals surface area contributed by atoms with Crippen LogP contribution in [0.2, 0.25) is 0 Å². The molecule has 1 N–H and O–H groups in total. The molecule has 2 aromatic rings. The van der Waals surface area contributed by atoms with Crippen LogP contribution in [0.5, 0.6) is 0 Å². The van der Waals surface area contributed by atoms with E-state index in [4.69, 9.17) is 9.52 Å². The van der Waals surface area contributed by atoms with E-state index in [-0.39, 0.29) is 5.76 Å². The van der Waals surface area contributed by atoms with Gasteiger partial charge in [0.15, 0.2) is 5.09 Å². The summed E-state index contributed by atoms with van der Waals surface area (Å²) in [6.45, 7) is 0. The number of carbonyl (C=O) groups is 1. The van der Waals surface area contributed by atoms with E-state index in [1.807, 2.05) is 24.3 Å². The van der Waals surface area contributed by atoms with Crippen LogP contribution >= 0.6 is 27.7 Å². The largest absolute Gasteiger partial charge is 0.475 e. The van der Waals surface area contributed by atoms with Gasteiger partial charge in [-0.25, -0.2) is 4.79 Å². The third-order valence-electron chi connectivity index (χ3n) is 1.82. The first kappa shape index (κ1) is 11.3. The van der Waals surface area contributed by atoms with Crippen molar-refractivity contribution in [1.29, 1.82) is 0 Å². The van der Waals surface area contributed by atoms with Gasteiger partial charge in [-0.2, -0.15) is 0 Å². The molecule has 0 aliphatic heterocycles. The third-order valence-corrected chi connectivity index (χ3v) is 3.28. The Kier molecular flexibility index (Phi) is 3.36. The van der Waals surface area contributed by atoms with Crippen LogP contribution in [0.15, 0.2) is 55.3 Å². The molecule has 0 unspecified atom stereocenters. The fourth-order valence-corrected chi connectivity index (χ4v) is 2.15. The Morgan fingerprint density at radius 1 is 1.19 bits per heavy atom. The normalized spacial score (nSPS) is 10.3. The summed E-state index contributed by atoms with van der Waals surface area (Å²) >= 11 is 4.73. The Hall–Kier alpha value is -1.20. The fraction of sp³-hybridized carbons (Fsp3) is 0. The molecule has 0 amide bonds. The zero-order chi connectivity index (χ0) is 11.5. The highest BCUT2D eigenvalue weighted by atomic mass is 79.9. The summed E-state index contributed by atoms with van der Waals surface area (Å²) < 4.78 is 6.13. The summed E-state index contributed by atoms with van der Waals surface area (Å²) in [6, 6.07) is 10.8. The van der Waals surface area contributed by atoms with Crippen LogP contribution in [0.25, 0.3) is 0 Å². The summed E-state index contributed by atoms with van der Waals surface area (Å²) in [5.41, 5.74) is 0. The van der Waals surface area contributed by atoms with Crippen molar-refractivity contribution in [1.82, 2.24) is 0 Å². The van der Waals surface area contributed by atoms with Crippen LogP contribution in [0, 0.1) is 0 Å². The van der Waals surface area contributed by atoms with E-state index in [0.29, 0.717) is 5.09 Å². The number of benzene rings is 1. The highest BCUT2D eigenvalue weighted by molar-refractivity contribution is 9.10. The molecule has 0 fully saturated rings. The zero-order valence-electron chi connectivity index (χ0n) is 8.01. The first-order valence-electron chi connectivity index (χ1n) is 4.42. The van der Waals surface area contributed by atoms with Gasteiger partial charge in [0, 0.05) is 9.37 Å². The maximum absolute atomic E-state index is 10.6. The summed E-state index contributed by atoms with van der Waals surface area (Å²) in [6.07, 6.45) is 0. The minimum atomic E-state index is -1.05. The molecule has 0 radical (unpaired) electrons. The number of carboxylic acid groups (broad SMARTS) is 1. The number of hydrogen-bond acceptors (Lipinski definition) is 3. The SMILES string of the molecule is O=C(O)c1ccc(Sc2ccc(Br)cc2)o1. The van der Waals surface area contributed by atoms with Crippen LogP contribution in [-0.4, -0.2) is 11.1 Å². The van der Waals surface area contributed by atoms with E-state index < -0.39 is 5.97 Å². The highest BCUT2D eigenvalue weighted by Gasteiger charge is 2.09. The number of carboxylic acids is 1. The van der Waals surface area contributed by atoms with Crippen LogP contribution in [0.4, 0.5) is 0 Å². The standard InChI is InChI=1S/C11H7BrO3S/c12-7-1-3-8(4-2-7)16-10-6-5-9(15-10)11(13)14/h1-6H,(H,13,14). The van der Waals surface area contributed by atoms with Gasteiger partial charge in [-0.3, -0.25) is 0 Å². The zero-order valence-corrected chi connectivity index (χ0v) is 10.4. The maximum atomic E-state index is 10.6. The van der Waals surface area contributed by atoms with Gasteiger partial charge in [0.25, 0.3) is 0 Å². The van der Waals surface area contributed by atoms with Crippen molar-refractivity contribution in [3.05, 3.63) is 46.6 Å². The highest BCUT2D eigenvalue weighted by Crippen LogP contribution is 2.29. The lowest BCUT2D eigenvalue weighted by Gasteiger charge is -1.97. The van der Waals surface area contributed by atoms with Crippen molar-refractivity contribution in [3.8, 4) is 0 Å². The molecule has 1 aromatic heterocycles. The monoisotopic (exact) mass is 298 g/mol. The lowest BCUT2D eigenvalue weighted by atomic mass is 10.4. The van der Waals surface area contributed by atoms with E-state index in [1.165, 1.54) is 17.8 Å². The Morgan fingerprint density at radius 2 is 1.88 bits per heavy atom. The van der Waals surface area contributed by atoms with Gasteiger partial charge in [-0.05, 0) is 36.4 Å². The van der Waals surface area contributed by atoms with E-state index in [2.05, 4.69) is 15.9 Å². The predicted molar refractivity (Wildman–Crippen MR) is 63.9 cm³/mol. The second kappa shape index (κ2) is 4.76. The second-order valence-electron chi connectivity index (χ2n) is 2.98. The quantitative estimate of drug-likeness (QED) is 0.934. The van der Waals surface area contributed by atoms with Crippen molar-refractivity contribution >= 4 is 33.7 Å². The van der Waals surface area contributed by atoms with Crippen LogP contribution in [0.3, 0.4) is 0 Å². The summed E-state index contributed by atoms with van der Waals surface area (Å²) in [5, 5.41) is 9.26. The number of hydrogen-bond donors (Lipinski definition) is 1. The lowest BCUT2D eigenvalue weighted by molar-refractivity contribution is 0.0656. The Labute approximate surface area is 105 Å². The maximum Gasteiger partial charge on any atom is 0.371 e. The molecule has 0 spiro atoms. The molecule has 1 aromatic carbocycles. The minimum Gasteiger partial charge on any atom is -0.475 e. The first-order chi connectivity index (χ1) is 7.65. The van der Waals surface area contributed by atoms with E-state index in [1.54, 1.807) is 6.07 Å². The molecule has 5 heteroatoms. The molecule has 0 saturated carbocycles. The molecule has 2 rings (SSSR count). The number of halogens is 1. The van der Waals surface area contributed by atoms with E-state index in [0.717, 1.165) is 9.37 Å². The van der Waals surface area contributed by atoms with Crippen molar-refractivity contribution in [2.45, 2.75) is 9.99 Å². The van der Waals surface area contributed by atoms with Crippen molar-refractivity contribution in [3.63, 3.8) is 0 Å². The van der Waals surface area contributed by atoms with Gasteiger partial charge in [0.2, 0.25) is 5.76 Å². The van der Waals surface area contributed by atoms with Gasteiger partial charge in [-0.15, -0.1) is 0 Å². The van der Waals surface area contributed by atoms with Gasteiger partial charge >= 0.3 is 5.97 Å². The molecule has 0 aliphatic carbocycles. The number of aromatic carboxylic acids is 1. The van der Waals surface area contributed by atoms with Gasteiger partial charge in [-0.1, -0.05) is 27.7 Å². The van der Waals surface area contributed by atoms with E-state index in [9.17, 15) is 4.79 Å². The molecular formula is C11H7BrO3S. The predicted octanol–water partition coefficient (Wildman–Crippen LogP) is 3.89. The Morgan fingerprint density at radius 3 is 2.44 bits per heavy atom. The average molecular weight is 299 g/mol. The molecule has 16 heavy (non-hydrogen) atoms. The summed E-state index contributed by atoms with van der Waals surface area (Å²) in [7, 11) is 0. The molecule has 0 atom stereocenters. The molecule has 1 heterocycles. The Bertz CT molecular complexity index is 504. The molecular weight excluding hydrogens is 292 g/mol. The molecule has 0 bridgehead atoms. The number of furan rings is 1. The lowest BCUT2D eigenvalue weighted by Crippen LogP contribution is -1.91. The first-order valence-corrected chi connectivity index (χ1v) is 6.02. The summed E-state index contributed by atoms with van der Waals surface area (Å²) in [4.78, 5) is 11.6. The smallest absolute Gasteiger partial charge is 0.371 e. The molecule has 82 valence electrons. The second-order valence-corrected chi connectivity index (χ2v) is 4.97. The fourth-order valence-electron chi connectivity index (χ4n) is 1.11. The van der Waals surface area contributed by atoms with Gasteiger partial charge in [0.1, 0.15) is 0 Å². The molecule has 0 aliphatic rings. The van der Waals surface area contributed by atoms with Crippen molar-refractivity contribution in [2.75, 3.05) is 0 Å². The summed E-state index contributed by atoms with van der Waals surface area (Å²) in [5.74, 6) is -1.10. The molecule has 0 saturated heterocycles. The topological polar surface area (TPSA) is 50.4 Å². The molecule has 3 nitrogen and oxygen atoms in total. The van der Waals surface area contributed by atoms with Crippen molar-refractivity contribution < 1.29 is 14.3 Å². The van der Waals surface area contributed by atoms with Crippen LogP contribution < -0.4 is 0 Å². The Balaban J connectivity index is 2.14. The third kappa shape index (κ3) is 2.68. The number of rotatable bonds is 3.